The zero-order chi connectivity index (χ0) is 29.4. The van der Waals surface area contributed by atoms with Crippen LogP contribution in [0.15, 0.2) is 60.7 Å². The summed E-state index contributed by atoms with van der Waals surface area (Å²) >= 11 is 0.956. The molecule has 0 saturated carbocycles. The molecule has 1 fully saturated rings. The van der Waals surface area contributed by atoms with Crippen LogP contribution in [-0.4, -0.2) is 41.5 Å². The molecule has 3 aromatic rings. The molecule has 0 bridgehead atoms. The number of ketones is 1. The summed E-state index contributed by atoms with van der Waals surface area (Å²) in [5, 5.41) is 11.6. The van der Waals surface area contributed by atoms with Crippen LogP contribution < -0.4 is 9.64 Å². The van der Waals surface area contributed by atoms with Crippen molar-refractivity contribution in [2.24, 2.45) is 0 Å². The van der Waals surface area contributed by atoms with Crippen molar-refractivity contribution >= 4 is 39.9 Å². The third kappa shape index (κ3) is 5.29. The van der Waals surface area contributed by atoms with E-state index in [4.69, 9.17) is 9.47 Å². The van der Waals surface area contributed by atoms with E-state index in [0.717, 1.165) is 22.5 Å². The number of hydrogen-bond donors (Lipinski definition) is 1. The number of carbonyl (C=O) groups excluding carboxylic acids is 3. The number of nitrogens with zero attached hydrogens (tertiary/aromatic N) is 2. The lowest BCUT2D eigenvalue weighted by molar-refractivity contribution is -0.132. The quantitative estimate of drug-likeness (QED) is 0.124. The van der Waals surface area contributed by atoms with Gasteiger partial charge in [-0.2, -0.15) is 0 Å². The highest BCUT2D eigenvalue weighted by molar-refractivity contribution is 7.17. The number of aromatic nitrogens is 1. The van der Waals surface area contributed by atoms with Crippen LogP contribution in [0.2, 0.25) is 0 Å². The molecule has 1 saturated heterocycles. The molecule has 1 aromatic heterocycles. The summed E-state index contributed by atoms with van der Waals surface area (Å²) in [4.78, 5) is 45.6. The molecule has 4 rings (SSSR count). The first-order valence-electron chi connectivity index (χ1n) is 12.7. The van der Waals surface area contributed by atoms with Crippen LogP contribution in [0.25, 0.3) is 5.76 Å². The molecule has 208 valence electrons. The van der Waals surface area contributed by atoms with Crippen molar-refractivity contribution in [3.05, 3.63) is 93.5 Å². The Labute approximate surface area is 237 Å². The number of Topliss-reactive ketones (excluding diaryl/α,β-unsaturated/α-hetero) is 1. The number of ether oxygens (including phenoxy) is 2. The number of thiazole rings is 1. The third-order valence-corrected chi connectivity index (χ3v) is 7.85. The minimum Gasteiger partial charge on any atom is -0.507 e. The van der Waals surface area contributed by atoms with Crippen LogP contribution in [0.5, 0.6) is 5.75 Å². The maximum atomic E-state index is 13.5. The van der Waals surface area contributed by atoms with E-state index in [2.05, 4.69) is 32.3 Å². The molecule has 2 aromatic carbocycles. The van der Waals surface area contributed by atoms with Gasteiger partial charge in [-0.25, -0.2) is 9.78 Å². The van der Waals surface area contributed by atoms with Crippen molar-refractivity contribution in [2.75, 3.05) is 18.6 Å². The third-order valence-electron chi connectivity index (χ3n) is 6.71. The van der Waals surface area contributed by atoms with Gasteiger partial charge in [0.2, 0.25) is 0 Å². The number of aryl methyl sites for hydroxylation is 2. The van der Waals surface area contributed by atoms with Crippen molar-refractivity contribution < 1.29 is 29.0 Å². The summed E-state index contributed by atoms with van der Waals surface area (Å²) in [5.74, 6) is -1.98. The number of rotatable bonds is 7. The Morgan fingerprint density at radius 3 is 2.40 bits per heavy atom. The lowest BCUT2D eigenvalue weighted by atomic mass is 9.85. The van der Waals surface area contributed by atoms with Crippen molar-refractivity contribution in [3.8, 4) is 5.75 Å². The maximum Gasteiger partial charge on any atom is 0.350 e. The number of esters is 1. The summed E-state index contributed by atoms with van der Waals surface area (Å²) < 4.78 is 10.5. The van der Waals surface area contributed by atoms with Gasteiger partial charge in [0.05, 0.1) is 24.4 Å². The minimum absolute atomic E-state index is 0.0252. The van der Waals surface area contributed by atoms with Gasteiger partial charge in [-0.05, 0) is 54.2 Å². The molecular formula is C31H32N2O6S. The molecule has 0 aliphatic carbocycles. The first-order valence-corrected chi connectivity index (χ1v) is 13.5. The highest BCUT2D eigenvalue weighted by Gasteiger charge is 2.48. The van der Waals surface area contributed by atoms with Gasteiger partial charge in [0.25, 0.3) is 5.78 Å². The molecule has 1 atom stereocenters. The zero-order valence-corrected chi connectivity index (χ0v) is 24.2. The maximum absolute atomic E-state index is 13.5. The lowest BCUT2D eigenvalue weighted by Crippen LogP contribution is -2.29. The number of carbonyl (C=O) groups is 3. The van der Waals surface area contributed by atoms with Gasteiger partial charge in [-0.3, -0.25) is 14.5 Å². The Kier molecular flexibility index (Phi) is 7.98. The zero-order valence-electron chi connectivity index (χ0n) is 23.4. The summed E-state index contributed by atoms with van der Waals surface area (Å²) in [6.45, 7) is 13.3. The standard InChI is InChI=1S/C31H32N2O6S/c1-8-15-39-29(37)27-18(3)32-30(40-27)33-24(19-9-12-21(13-10-19)31(4,5)6)23(26(35)28(33)36)25(34)20-11-14-22(38-7)17(2)16-20/h8-14,16,24,34H,1,15H2,2-7H3/t24-/m1/s1. The molecule has 0 radical (unpaired) electrons. The van der Waals surface area contributed by atoms with Crippen LogP contribution in [0, 0.1) is 13.8 Å². The Balaban J connectivity index is 1.90. The lowest BCUT2D eigenvalue weighted by Gasteiger charge is -2.25. The Hall–Kier alpha value is -4.24. The summed E-state index contributed by atoms with van der Waals surface area (Å²) in [5.41, 5.74) is 2.99. The molecule has 9 heteroatoms. The first kappa shape index (κ1) is 28.8. The molecule has 1 aliphatic heterocycles. The predicted octanol–water partition coefficient (Wildman–Crippen LogP) is 6.04. The molecular weight excluding hydrogens is 528 g/mol. The van der Waals surface area contributed by atoms with E-state index in [1.165, 1.54) is 11.0 Å². The molecule has 1 aliphatic rings. The average Bonchev–Trinajstić information content (AvgIpc) is 3.42. The van der Waals surface area contributed by atoms with Gasteiger partial charge in [0.15, 0.2) is 5.13 Å². The number of amides is 1. The second kappa shape index (κ2) is 11.1. The fraction of sp³-hybridized carbons (Fsp3) is 0.290. The number of anilines is 1. The van der Waals surface area contributed by atoms with Gasteiger partial charge < -0.3 is 14.6 Å². The van der Waals surface area contributed by atoms with E-state index in [-0.39, 0.29) is 33.4 Å². The molecule has 0 spiro atoms. The summed E-state index contributed by atoms with van der Waals surface area (Å²) in [6, 6.07) is 11.6. The van der Waals surface area contributed by atoms with Crippen LogP contribution in [-0.2, 0) is 19.7 Å². The van der Waals surface area contributed by atoms with Crippen molar-refractivity contribution in [1.29, 1.82) is 0 Å². The molecule has 1 amide bonds. The van der Waals surface area contributed by atoms with E-state index in [1.54, 1.807) is 32.2 Å². The Bertz CT molecular complexity index is 1530. The normalized spacial score (nSPS) is 16.8. The first-order chi connectivity index (χ1) is 18.9. The van der Waals surface area contributed by atoms with Crippen molar-refractivity contribution in [3.63, 3.8) is 0 Å². The summed E-state index contributed by atoms with van der Waals surface area (Å²) in [6.07, 6.45) is 1.45. The number of benzene rings is 2. The molecule has 1 N–H and O–H groups in total. The highest BCUT2D eigenvalue weighted by atomic mass is 32.1. The number of hydrogen-bond acceptors (Lipinski definition) is 8. The van der Waals surface area contributed by atoms with Crippen LogP contribution >= 0.6 is 11.3 Å². The Morgan fingerprint density at radius 1 is 1.15 bits per heavy atom. The van der Waals surface area contributed by atoms with E-state index in [9.17, 15) is 19.5 Å². The van der Waals surface area contributed by atoms with Gasteiger partial charge >= 0.3 is 11.9 Å². The minimum atomic E-state index is -0.973. The van der Waals surface area contributed by atoms with E-state index < -0.39 is 23.7 Å². The summed E-state index contributed by atoms with van der Waals surface area (Å²) in [7, 11) is 1.55. The molecule has 8 nitrogen and oxygen atoms in total. The Morgan fingerprint density at radius 2 is 1.82 bits per heavy atom. The van der Waals surface area contributed by atoms with E-state index >= 15 is 0 Å². The average molecular weight is 561 g/mol. The van der Waals surface area contributed by atoms with Gasteiger partial charge in [-0.1, -0.05) is 69.0 Å². The van der Waals surface area contributed by atoms with Gasteiger partial charge in [0, 0.05) is 5.56 Å². The molecule has 40 heavy (non-hydrogen) atoms. The molecule has 0 unspecified atom stereocenters. The smallest absolute Gasteiger partial charge is 0.350 e. The van der Waals surface area contributed by atoms with Crippen LogP contribution in [0.4, 0.5) is 5.13 Å². The monoisotopic (exact) mass is 560 g/mol. The number of aliphatic hydroxyl groups is 1. The van der Waals surface area contributed by atoms with Crippen molar-refractivity contribution in [1.82, 2.24) is 4.98 Å². The number of aliphatic hydroxyl groups excluding tert-OH is 1. The largest absolute Gasteiger partial charge is 0.507 e. The van der Waals surface area contributed by atoms with Gasteiger partial charge in [0.1, 0.15) is 23.0 Å². The second-order valence-electron chi connectivity index (χ2n) is 10.5. The molecule has 2 heterocycles. The predicted molar refractivity (Wildman–Crippen MR) is 155 cm³/mol. The van der Waals surface area contributed by atoms with Crippen molar-refractivity contribution in [2.45, 2.75) is 46.1 Å². The fourth-order valence-electron chi connectivity index (χ4n) is 4.57. The number of methoxy groups -OCH3 is 1. The van der Waals surface area contributed by atoms with Crippen LogP contribution in [0.3, 0.4) is 0 Å². The van der Waals surface area contributed by atoms with E-state index in [0.29, 0.717) is 22.6 Å². The topological polar surface area (TPSA) is 106 Å². The SMILES string of the molecule is C=CCOC(=O)c1sc(N2C(=O)C(=O)C(=C(O)c3ccc(OC)c(C)c3)[C@H]2c2ccc(C(C)(C)C)cc2)nc1C. The highest BCUT2D eigenvalue weighted by Crippen LogP contribution is 2.44. The van der Waals surface area contributed by atoms with Crippen LogP contribution in [0.1, 0.15) is 64.4 Å². The fourth-order valence-corrected chi connectivity index (χ4v) is 5.55. The van der Waals surface area contributed by atoms with Gasteiger partial charge in [-0.15, -0.1) is 0 Å². The van der Waals surface area contributed by atoms with E-state index in [1.807, 2.05) is 31.2 Å². The second-order valence-corrected chi connectivity index (χ2v) is 11.5.